The lowest BCUT2D eigenvalue weighted by atomic mass is 9.86. The van der Waals surface area contributed by atoms with E-state index < -0.39 is 40.7 Å². The summed E-state index contributed by atoms with van der Waals surface area (Å²) in [4.78, 5) is 52.2. The van der Waals surface area contributed by atoms with Gasteiger partial charge in [0.25, 0.3) is 5.91 Å². The van der Waals surface area contributed by atoms with Crippen molar-refractivity contribution in [3.8, 4) is 17.0 Å². The second-order valence-corrected chi connectivity index (χ2v) is 16.0. The summed E-state index contributed by atoms with van der Waals surface area (Å²) < 4.78 is 45.4. The molecule has 3 N–H and O–H groups in total. The quantitative estimate of drug-likeness (QED) is 0.131. The number of imide groups is 1. The van der Waals surface area contributed by atoms with E-state index in [1.807, 2.05) is 53.7 Å². The molecule has 324 valence electrons. The van der Waals surface area contributed by atoms with Gasteiger partial charge in [-0.2, -0.15) is 14.6 Å². The zero-order valence-electron chi connectivity index (χ0n) is 33.6. The smallest absolute Gasteiger partial charge is 0.328 e. The molecule has 6 heterocycles. The fraction of sp³-hybridized carbons (Fsp3) is 0.372. The number of phenolic OH excluding ortho intramolecular Hbond substituents is 1. The van der Waals surface area contributed by atoms with Gasteiger partial charge >= 0.3 is 6.03 Å². The highest BCUT2D eigenvalue weighted by Crippen LogP contribution is 2.34. The number of phenols is 1. The normalized spacial score (nSPS) is 18.6. The van der Waals surface area contributed by atoms with E-state index in [-0.39, 0.29) is 43.2 Å². The lowest BCUT2D eigenvalue weighted by Crippen LogP contribution is -2.49. The number of hydrogen-bond acceptors (Lipinski definition) is 10. The Morgan fingerprint density at radius 2 is 1.71 bits per heavy atom. The number of benzene rings is 2. The number of hydrogen-bond donors (Lipinski definition) is 3. The van der Waals surface area contributed by atoms with Crippen molar-refractivity contribution < 1.29 is 32.7 Å². The van der Waals surface area contributed by atoms with Gasteiger partial charge in [0.2, 0.25) is 11.7 Å². The summed E-state index contributed by atoms with van der Waals surface area (Å²) in [7, 11) is 0. The van der Waals surface area contributed by atoms with Gasteiger partial charge in [0.15, 0.2) is 17.4 Å². The van der Waals surface area contributed by atoms with Crippen molar-refractivity contribution in [3.05, 3.63) is 96.0 Å². The number of nitrogens with one attached hydrogen (secondary N) is 2. The molecule has 4 aromatic heterocycles. The number of aryl methyl sites for hydroxylation is 1. The molecule has 2 aromatic carbocycles. The van der Waals surface area contributed by atoms with Crippen LogP contribution < -0.4 is 20.4 Å². The molecule has 4 amide bonds. The molecule has 1 saturated carbocycles. The maximum atomic E-state index is 14.1. The van der Waals surface area contributed by atoms with E-state index in [2.05, 4.69) is 31.6 Å². The Balaban J connectivity index is 0.00000529. The van der Waals surface area contributed by atoms with E-state index in [4.69, 9.17) is 15.1 Å². The van der Waals surface area contributed by atoms with E-state index in [0.717, 1.165) is 110 Å². The molecular formula is C43H45ClF3N11O4. The number of carbonyl (C=O) groups excluding carboxylic acids is 3. The zero-order chi connectivity index (χ0) is 42.2. The first kappa shape index (κ1) is 42.4. The number of aromatic nitrogens is 6. The highest BCUT2D eigenvalue weighted by Gasteiger charge is 2.28. The van der Waals surface area contributed by atoms with Crippen LogP contribution in [0.3, 0.4) is 0 Å². The molecule has 3 aliphatic rings. The standard InChI is InChI=1S/C43H44F3N11O4.ClH/c44-32-19-31(39(45)40(46)41(32)59)42(60)49-20-26-3-8-30(9-4-26)56-25-29-7-6-28(18-33(29)52-56)34-21-48-37(23-47-34)54-16-14-53(15-17-54)12-1-2-27-5-10-35-36(22-50-57(35)24-27)55-13-11-38(58)51-43(55)61;/h5-7,10,18-19,21-26,30,59H,1-4,8-9,11-17,20H2,(H,49,60)(H,51,58,61);1H. The minimum atomic E-state index is -1.78. The van der Waals surface area contributed by atoms with Gasteiger partial charge in [0, 0.05) is 69.0 Å². The Labute approximate surface area is 360 Å². The van der Waals surface area contributed by atoms with E-state index in [1.54, 1.807) is 15.6 Å². The van der Waals surface area contributed by atoms with Gasteiger partial charge in [-0.15, -0.1) is 12.4 Å². The van der Waals surface area contributed by atoms with E-state index in [9.17, 15) is 32.7 Å². The summed E-state index contributed by atoms with van der Waals surface area (Å²) in [5.41, 5.74) is 4.43. The lowest BCUT2D eigenvalue weighted by Gasteiger charge is -2.35. The van der Waals surface area contributed by atoms with E-state index >= 15 is 0 Å². The summed E-state index contributed by atoms with van der Waals surface area (Å²) in [6, 6.07) is 10.4. The Kier molecular flexibility index (Phi) is 12.3. The first-order valence-electron chi connectivity index (χ1n) is 20.6. The van der Waals surface area contributed by atoms with Gasteiger partial charge in [0.05, 0.1) is 52.6 Å². The number of rotatable bonds is 11. The largest absolute Gasteiger partial charge is 0.503 e. The highest BCUT2D eigenvalue weighted by molar-refractivity contribution is 6.07. The second kappa shape index (κ2) is 18.0. The van der Waals surface area contributed by atoms with E-state index in [0.29, 0.717) is 18.3 Å². The van der Waals surface area contributed by atoms with Gasteiger partial charge in [-0.05, 0) is 74.8 Å². The summed E-state index contributed by atoms with van der Waals surface area (Å²) in [5, 5.41) is 24.6. The number of piperazine rings is 1. The highest BCUT2D eigenvalue weighted by atomic mass is 35.5. The SMILES string of the molecule is Cl.O=C1CCN(c2cnn3cc(CCCN4CCN(c5cnc(-c6ccc7cn(C8CCC(CNC(=O)c9cc(F)c(O)c(F)c9F)CC8)nc7c6)cn5)CC4)ccc23)C(=O)N1. The van der Waals surface area contributed by atoms with Gasteiger partial charge < -0.3 is 15.3 Å². The summed E-state index contributed by atoms with van der Waals surface area (Å²) in [6.45, 7) is 5.11. The first-order chi connectivity index (χ1) is 29.6. The number of aromatic hydroxyl groups is 1. The summed E-state index contributed by atoms with van der Waals surface area (Å²) in [6.07, 6.45) is 14.7. The number of anilines is 2. The van der Waals surface area contributed by atoms with Crippen LogP contribution in [0, 0.1) is 23.4 Å². The Bertz CT molecular complexity index is 2630. The molecule has 0 atom stereocenters. The number of nitrogens with zero attached hydrogens (tertiary/aromatic N) is 9. The molecule has 2 aliphatic heterocycles. The molecule has 62 heavy (non-hydrogen) atoms. The number of urea groups is 1. The number of amides is 4. The third kappa shape index (κ3) is 8.74. The van der Waals surface area contributed by atoms with Crippen molar-refractivity contribution in [2.45, 2.75) is 51.0 Å². The average molecular weight is 872 g/mol. The van der Waals surface area contributed by atoms with Crippen molar-refractivity contribution in [3.63, 3.8) is 0 Å². The zero-order valence-corrected chi connectivity index (χ0v) is 34.5. The monoisotopic (exact) mass is 871 g/mol. The minimum Gasteiger partial charge on any atom is -0.503 e. The maximum absolute atomic E-state index is 14.1. The van der Waals surface area contributed by atoms with Crippen LogP contribution in [-0.4, -0.2) is 103 Å². The molecule has 6 aromatic rings. The molecule has 0 radical (unpaired) electrons. The number of fused-ring (bicyclic) bond motifs is 2. The number of carbonyl (C=O) groups is 3. The average Bonchev–Trinajstić information content (AvgIpc) is 3.91. The number of halogens is 4. The van der Waals surface area contributed by atoms with Gasteiger partial charge in [0.1, 0.15) is 5.82 Å². The molecule has 0 spiro atoms. The fourth-order valence-corrected chi connectivity index (χ4v) is 8.58. The summed E-state index contributed by atoms with van der Waals surface area (Å²) >= 11 is 0. The molecule has 0 bridgehead atoms. The Morgan fingerprint density at radius 1 is 0.903 bits per heavy atom. The minimum absolute atomic E-state index is 0. The molecule has 9 rings (SSSR count). The van der Waals surface area contributed by atoms with E-state index in [1.165, 1.54) is 0 Å². The third-order valence-electron chi connectivity index (χ3n) is 12.1. The molecule has 0 unspecified atom stereocenters. The molecule has 15 nitrogen and oxygen atoms in total. The molecule has 2 saturated heterocycles. The van der Waals surface area contributed by atoms with Gasteiger partial charge in [-0.3, -0.25) is 34.4 Å². The first-order valence-corrected chi connectivity index (χ1v) is 20.6. The maximum Gasteiger partial charge on any atom is 0.328 e. The van der Waals surface area contributed by atoms with Gasteiger partial charge in [-0.1, -0.05) is 18.2 Å². The fourth-order valence-electron chi connectivity index (χ4n) is 8.58. The van der Waals surface area contributed by atoms with Crippen LogP contribution in [0.25, 0.3) is 27.7 Å². The van der Waals surface area contributed by atoms with Crippen molar-refractivity contribution >= 4 is 58.2 Å². The molecular weight excluding hydrogens is 827 g/mol. The van der Waals surface area contributed by atoms with Crippen molar-refractivity contribution in [2.75, 3.05) is 55.6 Å². The Morgan fingerprint density at radius 3 is 2.47 bits per heavy atom. The van der Waals surface area contributed by atoms with Gasteiger partial charge in [-0.25, -0.2) is 23.1 Å². The van der Waals surface area contributed by atoms with Crippen LogP contribution in [0.15, 0.2) is 67.4 Å². The van der Waals surface area contributed by atoms with Crippen LogP contribution in [0.2, 0.25) is 0 Å². The van der Waals surface area contributed by atoms with Crippen LogP contribution >= 0.6 is 12.4 Å². The van der Waals surface area contributed by atoms with Crippen molar-refractivity contribution in [1.82, 2.24) is 44.9 Å². The number of pyridine rings is 1. The predicted octanol–water partition coefficient (Wildman–Crippen LogP) is 6.05. The van der Waals surface area contributed by atoms with Crippen LogP contribution in [0.5, 0.6) is 5.75 Å². The molecule has 1 aliphatic carbocycles. The summed E-state index contributed by atoms with van der Waals surface area (Å²) in [5.74, 6) is -6.44. The van der Waals surface area contributed by atoms with Crippen molar-refractivity contribution in [1.29, 1.82) is 0 Å². The topological polar surface area (TPSA) is 166 Å². The third-order valence-corrected chi connectivity index (χ3v) is 12.1. The lowest BCUT2D eigenvalue weighted by molar-refractivity contribution is -0.120. The molecule has 3 fully saturated rings. The van der Waals surface area contributed by atoms with Crippen LogP contribution in [-0.2, 0) is 11.2 Å². The molecule has 19 heteroatoms. The second-order valence-electron chi connectivity index (χ2n) is 16.0. The van der Waals surface area contributed by atoms with Crippen LogP contribution in [0.1, 0.15) is 60.5 Å². The van der Waals surface area contributed by atoms with Crippen molar-refractivity contribution in [2.24, 2.45) is 5.92 Å². The van der Waals surface area contributed by atoms with Crippen LogP contribution in [0.4, 0.5) is 29.5 Å². The predicted molar refractivity (Wildman–Crippen MR) is 227 cm³/mol. The Hall–Kier alpha value is -6.27.